The van der Waals surface area contributed by atoms with Gasteiger partial charge in [0.25, 0.3) is 0 Å². The van der Waals surface area contributed by atoms with Crippen molar-refractivity contribution in [3.8, 4) is 17.1 Å². The van der Waals surface area contributed by atoms with Crippen LogP contribution in [-0.2, 0) is 19.6 Å². The number of rotatable bonds is 4. The fourth-order valence-electron chi connectivity index (χ4n) is 3.42. The zero-order valence-corrected chi connectivity index (χ0v) is 15.6. The highest BCUT2D eigenvalue weighted by Gasteiger charge is 2.31. The molecule has 1 aliphatic rings. The van der Waals surface area contributed by atoms with Crippen molar-refractivity contribution in [2.45, 2.75) is 32.9 Å². The van der Waals surface area contributed by atoms with Gasteiger partial charge in [-0.25, -0.2) is 4.39 Å². The number of aromatic nitrogens is 3. The Morgan fingerprint density at radius 1 is 1.14 bits per heavy atom. The van der Waals surface area contributed by atoms with Crippen molar-refractivity contribution in [1.29, 1.82) is 0 Å². The third-order valence-electron chi connectivity index (χ3n) is 4.78. The van der Waals surface area contributed by atoms with Crippen LogP contribution < -0.4 is 4.74 Å². The molecule has 4 rings (SSSR count). The van der Waals surface area contributed by atoms with Crippen molar-refractivity contribution in [3.05, 3.63) is 65.2 Å². The van der Waals surface area contributed by atoms with Gasteiger partial charge >= 0.3 is 6.36 Å². The van der Waals surface area contributed by atoms with Crippen molar-refractivity contribution in [3.63, 3.8) is 0 Å². The summed E-state index contributed by atoms with van der Waals surface area (Å²) in [5, 5.41) is 4.62. The SMILES string of the molecule is Cc1cccnc1-c1cc2n(n1)CCN(Cc1ccc(OC(F)(F)F)cc1F)C2. The lowest BCUT2D eigenvalue weighted by molar-refractivity contribution is -0.274. The van der Waals surface area contributed by atoms with Gasteiger partial charge in [0.2, 0.25) is 0 Å². The first-order valence-electron chi connectivity index (χ1n) is 9.04. The van der Waals surface area contributed by atoms with Crippen molar-refractivity contribution in [1.82, 2.24) is 19.7 Å². The number of halogens is 4. The molecule has 0 N–H and O–H groups in total. The van der Waals surface area contributed by atoms with Crippen molar-refractivity contribution >= 4 is 0 Å². The molecule has 29 heavy (non-hydrogen) atoms. The minimum atomic E-state index is -4.84. The molecule has 1 aliphatic heterocycles. The molecule has 0 saturated heterocycles. The van der Waals surface area contributed by atoms with E-state index < -0.39 is 17.9 Å². The second-order valence-electron chi connectivity index (χ2n) is 6.92. The normalized spacial score (nSPS) is 14.7. The van der Waals surface area contributed by atoms with Crippen LogP contribution in [0.4, 0.5) is 17.6 Å². The van der Waals surface area contributed by atoms with Crippen LogP contribution in [0.5, 0.6) is 5.75 Å². The number of ether oxygens (including phenoxy) is 1. The Kier molecular flexibility index (Phi) is 4.99. The van der Waals surface area contributed by atoms with Crippen LogP contribution in [0.2, 0.25) is 0 Å². The van der Waals surface area contributed by atoms with Crippen molar-refractivity contribution in [2.24, 2.45) is 0 Å². The maximum atomic E-state index is 14.2. The Bertz CT molecular complexity index is 1030. The molecule has 0 fully saturated rings. The summed E-state index contributed by atoms with van der Waals surface area (Å²) in [6.07, 6.45) is -3.12. The molecular formula is C20H18F4N4O. The lowest BCUT2D eigenvalue weighted by Crippen LogP contribution is -2.33. The Balaban J connectivity index is 1.48. The average Bonchev–Trinajstić information content (AvgIpc) is 3.06. The summed E-state index contributed by atoms with van der Waals surface area (Å²) in [5.41, 5.74) is 3.94. The van der Waals surface area contributed by atoms with Gasteiger partial charge < -0.3 is 4.74 Å². The molecule has 1 aromatic carbocycles. The Hall–Kier alpha value is -2.94. The summed E-state index contributed by atoms with van der Waals surface area (Å²) >= 11 is 0. The van der Waals surface area contributed by atoms with Crippen LogP contribution in [0.3, 0.4) is 0 Å². The molecule has 152 valence electrons. The molecule has 0 saturated carbocycles. The molecule has 0 unspecified atom stereocenters. The van der Waals surface area contributed by atoms with Gasteiger partial charge in [-0.3, -0.25) is 14.6 Å². The van der Waals surface area contributed by atoms with Crippen molar-refractivity contribution in [2.75, 3.05) is 6.54 Å². The van der Waals surface area contributed by atoms with E-state index in [1.165, 1.54) is 6.07 Å². The van der Waals surface area contributed by atoms with Gasteiger partial charge in [0.05, 0.1) is 17.9 Å². The average molecular weight is 406 g/mol. The number of aryl methyl sites for hydroxylation is 1. The predicted octanol–water partition coefficient (Wildman–Crippen LogP) is 4.31. The lowest BCUT2D eigenvalue weighted by Gasteiger charge is -2.27. The number of nitrogens with zero attached hydrogens (tertiary/aromatic N) is 4. The first kappa shape index (κ1) is 19.4. The van der Waals surface area contributed by atoms with Gasteiger partial charge in [0.1, 0.15) is 17.3 Å². The monoisotopic (exact) mass is 406 g/mol. The molecule has 0 amide bonds. The largest absolute Gasteiger partial charge is 0.573 e. The van der Waals surface area contributed by atoms with Crippen LogP contribution >= 0.6 is 0 Å². The maximum absolute atomic E-state index is 14.2. The Morgan fingerprint density at radius 3 is 2.69 bits per heavy atom. The molecule has 0 aliphatic carbocycles. The van der Waals surface area contributed by atoms with E-state index in [0.717, 1.165) is 34.8 Å². The summed E-state index contributed by atoms with van der Waals surface area (Å²) in [4.78, 5) is 6.42. The third-order valence-corrected chi connectivity index (χ3v) is 4.78. The topological polar surface area (TPSA) is 43.2 Å². The molecular weight excluding hydrogens is 388 g/mol. The van der Waals surface area contributed by atoms with Gasteiger partial charge in [0, 0.05) is 37.5 Å². The first-order valence-corrected chi connectivity index (χ1v) is 9.04. The fourth-order valence-corrected chi connectivity index (χ4v) is 3.42. The number of fused-ring (bicyclic) bond motifs is 1. The molecule has 9 heteroatoms. The van der Waals surface area contributed by atoms with E-state index >= 15 is 0 Å². The second-order valence-corrected chi connectivity index (χ2v) is 6.92. The van der Waals surface area contributed by atoms with E-state index in [9.17, 15) is 17.6 Å². The summed E-state index contributed by atoms with van der Waals surface area (Å²) in [7, 11) is 0. The van der Waals surface area contributed by atoms with Crippen LogP contribution in [0.1, 0.15) is 16.8 Å². The lowest BCUT2D eigenvalue weighted by atomic mass is 10.1. The second kappa shape index (κ2) is 7.47. The number of benzene rings is 1. The quantitative estimate of drug-likeness (QED) is 0.606. The predicted molar refractivity (Wildman–Crippen MR) is 97.4 cm³/mol. The standard InChI is InChI=1S/C20H18F4N4O/c1-13-3-2-6-25-19(13)18-9-15-12-27(7-8-28(15)26-18)11-14-4-5-16(10-17(14)21)29-20(22,23)24/h2-6,9-10H,7-8,11-12H2,1H3. The van der Waals surface area contributed by atoms with Crippen LogP contribution in [0.25, 0.3) is 11.4 Å². The number of hydrogen-bond donors (Lipinski definition) is 0. The van der Waals surface area contributed by atoms with E-state index in [0.29, 0.717) is 25.2 Å². The Labute approximate surface area is 164 Å². The minimum absolute atomic E-state index is 0.279. The number of pyridine rings is 1. The van der Waals surface area contributed by atoms with Crippen molar-refractivity contribution < 1.29 is 22.3 Å². The van der Waals surface area contributed by atoms with Crippen LogP contribution in [0.15, 0.2) is 42.6 Å². The molecule has 0 bridgehead atoms. The number of alkyl halides is 3. The van der Waals surface area contributed by atoms with Crippen LogP contribution in [-0.4, -0.2) is 32.6 Å². The van der Waals surface area contributed by atoms with Gasteiger partial charge in [-0.05, 0) is 30.7 Å². The zero-order valence-electron chi connectivity index (χ0n) is 15.6. The highest BCUT2D eigenvalue weighted by molar-refractivity contribution is 5.58. The molecule has 2 aromatic heterocycles. The molecule has 3 heterocycles. The molecule has 0 spiro atoms. The zero-order chi connectivity index (χ0) is 20.6. The van der Waals surface area contributed by atoms with Gasteiger partial charge in [-0.15, -0.1) is 13.2 Å². The highest BCUT2D eigenvalue weighted by atomic mass is 19.4. The molecule has 0 radical (unpaired) electrons. The summed E-state index contributed by atoms with van der Waals surface area (Å²) in [6, 6.07) is 9.03. The van der Waals surface area contributed by atoms with E-state index in [2.05, 4.69) is 14.8 Å². The third kappa shape index (κ3) is 4.40. The van der Waals surface area contributed by atoms with Gasteiger partial charge in [0.15, 0.2) is 0 Å². The summed E-state index contributed by atoms with van der Waals surface area (Å²) in [5.74, 6) is -1.29. The molecule has 5 nitrogen and oxygen atoms in total. The van der Waals surface area contributed by atoms with E-state index in [1.54, 1.807) is 6.20 Å². The summed E-state index contributed by atoms with van der Waals surface area (Å²) in [6.45, 7) is 4.09. The van der Waals surface area contributed by atoms with E-state index in [1.807, 2.05) is 34.7 Å². The number of hydrogen-bond acceptors (Lipinski definition) is 4. The smallest absolute Gasteiger partial charge is 0.406 e. The molecule has 0 atom stereocenters. The fraction of sp³-hybridized carbons (Fsp3) is 0.300. The highest BCUT2D eigenvalue weighted by Crippen LogP contribution is 2.27. The first-order chi connectivity index (χ1) is 13.8. The maximum Gasteiger partial charge on any atom is 0.573 e. The van der Waals surface area contributed by atoms with Crippen LogP contribution in [0, 0.1) is 12.7 Å². The van der Waals surface area contributed by atoms with E-state index in [-0.39, 0.29) is 6.54 Å². The summed E-state index contributed by atoms with van der Waals surface area (Å²) < 4.78 is 56.7. The minimum Gasteiger partial charge on any atom is -0.406 e. The van der Waals surface area contributed by atoms with Gasteiger partial charge in [-0.1, -0.05) is 12.1 Å². The molecule has 3 aromatic rings. The van der Waals surface area contributed by atoms with Gasteiger partial charge in [-0.2, -0.15) is 5.10 Å². The Morgan fingerprint density at radius 2 is 1.97 bits per heavy atom. The van der Waals surface area contributed by atoms with E-state index in [4.69, 9.17) is 0 Å².